The summed E-state index contributed by atoms with van der Waals surface area (Å²) in [5.41, 5.74) is 15.9. The van der Waals surface area contributed by atoms with Gasteiger partial charge in [-0.2, -0.15) is 0 Å². The number of hydrogen-bond acceptors (Lipinski definition) is 0. The lowest BCUT2D eigenvalue weighted by Gasteiger charge is -2.23. The van der Waals surface area contributed by atoms with Crippen molar-refractivity contribution < 1.29 is 0 Å². The van der Waals surface area contributed by atoms with E-state index in [1.165, 1.54) is 110 Å². The minimum Gasteiger partial charge on any atom is -0.0616 e. The van der Waals surface area contributed by atoms with Crippen molar-refractivity contribution in [3.05, 3.63) is 169 Å². The van der Waals surface area contributed by atoms with E-state index in [0.29, 0.717) is 0 Å². The standard InChI is InChI=1S/C49H32/c1-49(2)45-27-31(33-24-25-42-37-15-8-7-14-36(37)41-17-9-16-40(33)48(41)42)19-21-38(45)39-22-20-32(28-46(39)49)44-26-30-11-4-6-13-35(30)47-34-12-5-3-10-29(34)18-23-43(44)47/h3-28H,1-2H3. The van der Waals surface area contributed by atoms with Gasteiger partial charge in [-0.25, -0.2) is 0 Å². The Morgan fingerprint density at radius 3 is 1.55 bits per heavy atom. The lowest BCUT2D eigenvalue weighted by molar-refractivity contribution is 0.661. The van der Waals surface area contributed by atoms with Crippen LogP contribution in [0, 0.1) is 0 Å². The number of hydrogen-bond donors (Lipinski definition) is 0. The molecule has 0 nitrogen and oxygen atoms in total. The monoisotopic (exact) mass is 620 g/mol. The lowest BCUT2D eigenvalue weighted by Crippen LogP contribution is -2.15. The minimum atomic E-state index is -0.138. The summed E-state index contributed by atoms with van der Waals surface area (Å²) in [7, 11) is 0. The molecule has 11 rings (SSSR count). The van der Waals surface area contributed by atoms with Crippen LogP contribution in [0.2, 0.25) is 0 Å². The molecule has 0 amide bonds. The van der Waals surface area contributed by atoms with Gasteiger partial charge in [0.05, 0.1) is 0 Å². The van der Waals surface area contributed by atoms with Crippen LogP contribution in [0.15, 0.2) is 158 Å². The van der Waals surface area contributed by atoms with Crippen LogP contribution in [0.3, 0.4) is 0 Å². The first-order valence-electron chi connectivity index (χ1n) is 17.4. The fourth-order valence-corrected chi connectivity index (χ4v) is 9.24. The van der Waals surface area contributed by atoms with E-state index in [2.05, 4.69) is 172 Å². The van der Waals surface area contributed by atoms with Crippen LogP contribution in [-0.4, -0.2) is 0 Å². The fraction of sp³-hybridized carbons (Fsp3) is 0.0612. The molecule has 0 spiro atoms. The summed E-state index contributed by atoms with van der Waals surface area (Å²) in [6.45, 7) is 4.81. The van der Waals surface area contributed by atoms with Crippen LogP contribution < -0.4 is 0 Å². The third-order valence-electron chi connectivity index (χ3n) is 11.6. The molecule has 0 unspecified atom stereocenters. The lowest BCUT2D eigenvalue weighted by atomic mass is 9.80. The van der Waals surface area contributed by atoms with Crippen LogP contribution in [0.5, 0.6) is 0 Å². The first kappa shape index (κ1) is 27.0. The third-order valence-corrected chi connectivity index (χ3v) is 11.6. The Morgan fingerprint density at radius 1 is 0.306 bits per heavy atom. The van der Waals surface area contributed by atoms with Crippen molar-refractivity contribution in [2.24, 2.45) is 0 Å². The van der Waals surface area contributed by atoms with Crippen molar-refractivity contribution in [2.45, 2.75) is 19.3 Å². The maximum absolute atomic E-state index is 2.48. The van der Waals surface area contributed by atoms with E-state index in [-0.39, 0.29) is 5.41 Å². The molecule has 0 bridgehead atoms. The van der Waals surface area contributed by atoms with Gasteiger partial charge in [0.1, 0.15) is 0 Å². The Morgan fingerprint density at radius 2 is 0.816 bits per heavy atom. The molecule has 0 heteroatoms. The van der Waals surface area contributed by atoms with Gasteiger partial charge in [-0.3, -0.25) is 0 Å². The Hall–Kier alpha value is -5.98. The second kappa shape index (κ2) is 9.56. The summed E-state index contributed by atoms with van der Waals surface area (Å²) >= 11 is 0. The number of fused-ring (bicyclic) bond motifs is 11. The van der Waals surface area contributed by atoms with Crippen LogP contribution in [0.25, 0.3) is 98.7 Å². The Labute approximate surface area is 285 Å². The Bertz CT molecular complexity index is 2860. The summed E-state index contributed by atoms with van der Waals surface area (Å²) in [6.07, 6.45) is 0. The third kappa shape index (κ3) is 3.58. The summed E-state index contributed by atoms with van der Waals surface area (Å²) in [5, 5.41) is 10.5. The second-order valence-electron chi connectivity index (χ2n) is 14.4. The molecule has 228 valence electrons. The van der Waals surface area contributed by atoms with Gasteiger partial charge in [-0.15, -0.1) is 0 Å². The van der Waals surface area contributed by atoms with Gasteiger partial charge in [-0.1, -0.05) is 153 Å². The summed E-state index contributed by atoms with van der Waals surface area (Å²) in [5.74, 6) is 0. The van der Waals surface area contributed by atoms with Crippen molar-refractivity contribution >= 4 is 43.1 Å². The van der Waals surface area contributed by atoms with Gasteiger partial charge in [-0.05, 0) is 128 Å². The van der Waals surface area contributed by atoms with Crippen molar-refractivity contribution in [1.29, 1.82) is 0 Å². The van der Waals surface area contributed by atoms with Crippen molar-refractivity contribution in [3.8, 4) is 55.6 Å². The topological polar surface area (TPSA) is 0 Å². The largest absolute Gasteiger partial charge is 0.0616 e. The smallest absolute Gasteiger partial charge is 0.0159 e. The number of benzene rings is 9. The Balaban J connectivity index is 1.07. The first-order chi connectivity index (χ1) is 24.1. The highest BCUT2D eigenvalue weighted by molar-refractivity contribution is 6.24. The minimum absolute atomic E-state index is 0.138. The molecule has 0 saturated carbocycles. The predicted octanol–water partition coefficient (Wildman–Crippen LogP) is 13.6. The highest BCUT2D eigenvalue weighted by Crippen LogP contribution is 2.53. The molecule has 9 aromatic carbocycles. The van der Waals surface area contributed by atoms with Crippen LogP contribution >= 0.6 is 0 Å². The highest BCUT2D eigenvalue weighted by atomic mass is 14.4. The second-order valence-corrected chi connectivity index (χ2v) is 14.4. The summed E-state index contributed by atoms with van der Waals surface area (Å²) in [4.78, 5) is 0. The van der Waals surface area contributed by atoms with E-state index >= 15 is 0 Å². The highest BCUT2D eigenvalue weighted by Gasteiger charge is 2.36. The molecule has 0 atom stereocenters. The van der Waals surface area contributed by atoms with Crippen molar-refractivity contribution in [2.75, 3.05) is 0 Å². The van der Waals surface area contributed by atoms with Gasteiger partial charge < -0.3 is 0 Å². The van der Waals surface area contributed by atoms with Crippen LogP contribution in [0.4, 0.5) is 0 Å². The van der Waals surface area contributed by atoms with Crippen molar-refractivity contribution in [3.63, 3.8) is 0 Å². The number of rotatable bonds is 2. The molecular weight excluding hydrogens is 589 g/mol. The quantitative estimate of drug-likeness (QED) is 0.169. The molecule has 0 aliphatic heterocycles. The van der Waals surface area contributed by atoms with Gasteiger partial charge in [0.2, 0.25) is 0 Å². The summed E-state index contributed by atoms with van der Waals surface area (Å²) in [6, 6.07) is 59.3. The zero-order valence-corrected chi connectivity index (χ0v) is 27.5. The predicted molar refractivity (Wildman–Crippen MR) is 209 cm³/mol. The molecule has 0 heterocycles. The molecule has 0 radical (unpaired) electrons. The van der Waals surface area contributed by atoms with E-state index in [4.69, 9.17) is 0 Å². The van der Waals surface area contributed by atoms with E-state index < -0.39 is 0 Å². The van der Waals surface area contributed by atoms with Crippen LogP contribution in [-0.2, 0) is 5.41 Å². The normalized spacial score (nSPS) is 13.7. The van der Waals surface area contributed by atoms with E-state index in [1.54, 1.807) is 0 Å². The van der Waals surface area contributed by atoms with Gasteiger partial charge in [0.15, 0.2) is 0 Å². The van der Waals surface area contributed by atoms with E-state index in [1.807, 2.05) is 0 Å². The molecular formula is C49H32. The van der Waals surface area contributed by atoms with Gasteiger partial charge in [0, 0.05) is 5.41 Å². The maximum atomic E-state index is 2.48. The zero-order valence-electron chi connectivity index (χ0n) is 27.5. The van der Waals surface area contributed by atoms with Gasteiger partial charge >= 0.3 is 0 Å². The van der Waals surface area contributed by atoms with E-state index in [9.17, 15) is 0 Å². The summed E-state index contributed by atoms with van der Waals surface area (Å²) < 4.78 is 0. The average molecular weight is 621 g/mol. The van der Waals surface area contributed by atoms with E-state index in [0.717, 1.165) is 0 Å². The SMILES string of the molecule is CC1(C)c2cc(-c3ccc4c5c(cccc35)-c3ccccc3-4)ccc2-c2ccc(-c3cc4ccccc4c4c3ccc3ccccc34)cc21. The molecule has 49 heavy (non-hydrogen) atoms. The maximum Gasteiger partial charge on any atom is 0.0159 e. The van der Waals surface area contributed by atoms with Crippen LogP contribution in [0.1, 0.15) is 25.0 Å². The van der Waals surface area contributed by atoms with Gasteiger partial charge in [0.25, 0.3) is 0 Å². The molecule has 2 aliphatic rings. The molecule has 0 saturated heterocycles. The average Bonchev–Trinajstić information content (AvgIpc) is 3.60. The molecule has 9 aromatic rings. The fourth-order valence-electron chi connectivity index (χ4n) is 9.24. The molecule has 0 fully saturated rings. The molecule has 0 aromatic heterocycles. The molecule has 0 N–H and O–H groups in total. The first-order valence-corrected chi connectivity index (χ1v) is 17.4. The Kier molecular flexibility index (Phi) is 5.27. The molecule has 2 aliphatic carbocycles. The van der Waals surface area contributed by atoms with Crippen molar-refractivity contribution in [1.82, 2.24) is 0 Å². The zero-order chi connectivity index (χ0) is 32.4.